The molecule has 0 saturated carbocycles. The summed E-state index contributed by atoms with van der Waals surface area (Å²) in [6.07, 6.45) is 22.0. The first-order valence-corrected chi connectivity index (χ1v) is 10.3. The van der Waals surface area contributed by atoms with Crippen molar-refractivity contribution in [2.75, 3.05) is 7.11 Å². The van der Waals surface area contributed by atoms with Gasteiger partial charge in [0.05, 0.1) is 52.7 Å². The summed E-state index contributed by atoms with van der Waals surface area (Å²) < 4.78 is 5.61. The van der Waals surface area contributed by atoms with Crippen LogP contribution in [0.25, 0.3) is 5.57 Å². The highest BCUT2D eigenvalue weighted by molar-refractivity contribution is 6.33. The maximum Gasteiger partial charge on any atom is 0.126 e. The molecule has 32 heavy (non-hydrogen) atoms. The number of ether oxygens (including phenoxy) is 1. The summed E-state index contributed by atoms with van der Waals surface area (Å²) in [4.78, 5) is 19.0. The molecule has 5 aliphatic rings. The van der Waals surface area contributed by atoms with E-state index in [0.717, 1.165) is 62.5 Å². The molecule has 5 aliphatic heterocycles. The zero-order chi connectivity index (χ0) is 21.5. The Labute approximate surface area is 185 Å². The number of rotatable bonds is 2. The van der Waals surface area contributed by atoms with Gasteiger partial charge in [0, 0.05) is 11.1 Å². The zero-order valence-electron chi connectivity index (χ0n) is 17.4. The summed E-state index contributed by atoms with van der Waals surface area (Å²) in [5.74, 6) is 0.803. The number of benzene rings is 1. The van der Waals surface area contributed by atoms with E-state index in [9.17, 15) is 0 Å². The Morgan fingerprint density at radius 3 is 1.75 bits per heavy atom. The molecule has 0 fully saturated rings. The van der Waals surface area contributed by atoms with Crippen LogP contribution in [0.4, 0.5) is 0 Å². The number of methoxy groups -OCH3 is 1. The summed E-state index contributed by atoms with van der Waals surface area (Å²) >= 11 is 0. The molecule has 0 aliphatic carbocycles. The van der Waals surface area contributed by atoms with E-state index in [4.69, 9.17) is 19.7 Å². The predicted octanol–water partition coefficient (Wildman–Crippen LogP) is 5.11. The Balaban J connectivity index is 1.52. The van der Waals surface area contributed by atoms with Crippen molar-refractivity contribution in [1.29, 1.82) is 0 Å². The molecular formula is C27H18N4O. The van der Waals surface area contributed by atoms with Crippen molar-refractivity contribution < 1.29 is 4.74 Å². The second kappa shape index (κ2) is 7.39. The van der Waals surface area contributed by atoms with Crippen LogP contribution in [0.1, 0.15) is 5.56 Å². The molecule has 1 aromatic rings. The van der Waals surface area contributed by atoms with E-state index in [-0.39, 0.29) is 0 Å². The van der Waals surface area contributed by atoms with Crippen molar-refractivity contribution >= 4 is 28.4 Å². The van der Waals surface area contributed by atoms with Gasteiger partial charge in [-0.1, -0.05) is 18.2 Å². The molecule has 0 atom stereocenters. The SMILES string of the molecule is COc1ccccc1C1=CC2=CC3=NC(=CC4=NC(=CC5=NC(=CC1=N2)C=C5)C=C4)C=C3. The van der Waals surface area contributed by atoms with Gasteiger partial charge < -0.3 is 4.74 Å². The van der Waals surface area contributed by atoms with Gasteiger partial charge in [-0.25, -0.2) is 20.0 Å². The Morgan fingerprint density at radius 2 is 1.12 bits per heavy atom. The quantitative estimate of drug-likeness (QED) is 0.663. The minimum atomic E-state index is 0.803. The fourth-order valence-electron chi connectivity index (χ4n) is 3.98. The van der Waals surface area contributed by atoms with Crippen LogP contribution in [-0.2, 0) is 0 Å². The molecule has 6 rings (SSSR count). The second-order valence-electron chi connectivity index (χ2n) is 7.64. The van der Waals surface area contributed by atoms with Gasteiger partial charge in [-0.15, -0.1) is 0 Å². The molecule has 0 saturated heterocycles. The molecule has 1 aromatic carbocycles. The zero-order valence-corrected chi connectivity index (χ0v) is 17.4. The lowest BCUT2D eigenvalue weighted by Crippen LogP contribution is -1.99. The van der Waals surface area contributed by atoms with Crippen molar-refractivity contribution in [2.45, 2.75) is 0 Å². The van der Waals surface area contributed by atoms with E-state index in [1.807, 2.05) is 85.0 Å². The highest BCUT2D eigenvalue weighted by atomic mass is 16.5. The maximum absolute atomic E-state index is 5.61. The molecule has 0 spiro atoms. The van der Waals surface area contributed by atoms with Crippen LogP contribution >= 0.6 is 0 Å². The smallest absolute Gasteiger partial charge is 0.126 e. The molecule has 0 unspecified atom stereocenters. The second-order valence-corrected chi connectivity index (χ2v) is 7.64. The van der Waals surface area contributed by atoms with Gasteiger partial charge in [0.15, 0.2) is 0 Å². The standard InChI is InChI=1S/C27H18N4O/c1-32-27-5-3-2-4-24(27)25-15-23-14-21-9-8-19(29-21)12-17-6-7-18(28-17)13-20-10-11-22(30-20)16-26(25)31-23/h2-16H,1H3. The summed E-state index contributed by atoms with van der Waals surface area (Å²) in [6.45, 7) is 0. The van der Waals surface area contributed by atoms with Crippen LogP contribution in [0.3, 0.4) is 0 Å². The van der Waals surface area contributed by atoms with Crippen molar-refractivity contribution in [1.82, 2.24) is 0 Å². The highest BCUT2D eigenvalue weighted by Crippen LogP contribution is 2.33. The van der Waals surface area contributed by atoms with E-state index in [1.54, 1.807) is 7.11 Å². The Bertz CT molecular complexity index is 1430. The van der Waals surface area contributed by atoms with Crippen molar-refractivity contribution in [3.63, 3.8) is 0 Å². The van der Waals surface area contributed by atoms with Crippen molar-refractivity contribution in [3.8, 4) is 5.75 Å². The normalized spacial score (nSPS) is 20.1. The van der Waals surface area contributed by atoms with Crippen molar-refractivity contribution in [3.05, 3.63) is 119 Å². The number of fused-ring (bicyclic) bond motifs is 4. The molecule has 0 aromatic heterocycles. The van der Waals surface area contributed by atoms with Crippen LogP contribution in [-0.4, -0.2) is 30.0 Å². The fourth-order valence-corrected chi connectivity index (χ4v) is 3.98. The Kier molecular flexibility index (Phi) is 4.25. The summed E-state index contributed by atoms with van der Waals surface area (Å²) in [7, 11) is 1.68. The first-order chi connectivity index (χ1) is 15.7. The van der Waals surface area contributed by atoms with E-state index in [1.165, 1.54) is 0 Å². The number of hydrogen-bond acceptors (Lipinski definition) is 5. The van der Waals surface area contributed by atoms with Gasteiger partial charge in [0.25, 0.3) is 0 Å². The van der Waals surface area contributed by atoms with Gasteiger partial charge in [-0.2, -0.15) is 0 Å². The summed E-state index contributed by atoms with van der Waals surface area (Å²) in [5, 5.41) is 0. The van der Waals surface area contributed by atoms with E-state index in [0.29, 0.717) is 0 Å². The minimum absolute atomic E-state index is 0.803. The number of allylic oxidation sites excluding steroid dienone is 12. The number of aliphatic imine (C=N–C) groups is 4. The fraction of sp³-hybridized carbons (Fsp3) is 0.0370. The third kappa shape index (κ3) is 3.40. The molecule has 5 heterocycles. The summed E-state index contributed by atoms with van der Waals surface area (Å²) in [6, 6.07) is 7.97. The van der Waals surface area contributed by atoms with Crippen molar-refractivity contribution in [2.24, 2.45) is 20.0 Å². The lowest BCUT2D eigenvalue weighted by Gasteiger charge is -2.09. The highest BCUT2D eigenvalue weighted by Gasteiger charge is 2.20. The Morgan fingerprint density at radius 1 is 0.562 bits per heavy atom. The number of nitrogens with zero attached hydrogens (tertiary/aromatic N) is 4. The molecule has 5 heteroatoms. The summed E-state index contributed by atoms with van der Waals surface area (Å²) in [5.41, 5.74) is 8.82. The van der Waals surface area contributed by atoms with Crippen LogP contribution < -0.4 is 4.74 Å². The Hall–Kier alpha value is -4.38. The predicted molar refractivity (Wildman–Crippen MR) is 130 cm³/mol. The molecule has 0 N–H and O–H groups in total. The van der Waals surface area contributed by atoms with Gasteiger partial charge in [-0.05, 0) is 72.9 Å². The van der Waals surface area contributed by atoms with Crippen LogP contribution in [0.2, 0.25) is 0 Å². The topological polar surface area (TPSA) is 58.7 Å². The van der Waals surface area contributed by atoms with Crippen LogP contribution in [0.15, 0.2) is 134 Å². The number of hydrogen-bond donors (Lipinski definition) is 0. The van der Waals surface area contributed by atoms with Crippen LogP contribution in [0, 0.1) is 0 Å². The third-order valence-electron chi connectivity index (χ3n) is 5.44. The first-order valence-electron chi connectivity index (χ1n) is 10.3. The van der Waals surface area contributed by atoms with Gasteiger partial charge in [-0.3, -0.25) is 0 Å². The largest absolute Gasteiger partial charge is 0.496 e. The van der Waals surface area contributed by atoms with E-state index >= 15 is 0 Å². The average Bonchev–Trinajstić information content (AvgIpc) is 3.59. The van der Waals surface area contributed by atoms with Gasteiger partial charge in [0.2, 0.25) is 0 Å². The molecule has 0 radical (unpaired) electrons. The molecule has 0 amide bonds. The van der Waals surface area contributed by atoms with E-state index in [2.05, 4.69) is 11.1 Å². The lowest BCUT2D eigenvalue weighted by atomic mass is 10.00. The molecule has 8 bridgehead atoms. The lowest BCUT2D eigenvalue weighted by molar-refractivity contribution is 0.413. The van der Waals surface area contributed by atoms with E-state index < -0.39 is 0 Å². The third-order valence-corrected chi connectivity index (χ3v) is 5.44. The first kappa shape index (κ1) is 18.4. The monoisotopic (exact) mass is 414 g/mol. The molecule has 152 valence electrons. The molecule has 5 nitrogen and oxygen atoms in total. The van der Waals surface area contributed by atoms with Gasteiger partial charge in [0.1, 0.15) is 5.75 Å². The van der Waals surface area contributed by atoms with Crippen LogP contribution in [0.5, 0.6) is 5.75 Å². The van der Waals surface area contributed by atoms with Gasteiger partial charge >= 0.3 is 0 Å². The maximum atomic E-state index is 5.61. The number of para-hydroxylation sites is 1. The molecular weight excluding hydrogens is 396 g/mol. The average molecular weight is 414 g/mol. The minimum Gasteiger partial charge on any atom is -0.496 e.